The molecule has 9 heteroatoms. The van der Waals surface area contributed by atoms with E-state index in [4.69, 9.17) is 14.1 Å². The summed E-state index contributed by atoms with van der Waals surface area (Å²) >= 11 is 3.71. The van der Waals surface area contributed by atoms with Gasteiger partial charge in [-0.1, -0.05) is 39.0 Å². The van der Waals surface area contributed by atoms with Crippen LogP contribution in [0.2, 0.25) is 0 Å². The fraction of sp³-hybridized carbons (Fsp3) is 0.259. The van der Waals surface area contributed by atoms with Crippen LogP contribution >= 0.6 is 15.9 Å². The van der Waals surface area contributed by atoms with Gasteiger partial charge < -0.3 is 14.1 Å². The van der Waals surface area contributed by atoms with E-state index in [1.54, 1.807) is 16.9 Å². The Balaban J connectivity index is 1.71. The molecule has 36 heavy (non-hydrogen) atoms. The van der Waals surface area contributed by atoms with Crippen molar-refractivity contribution in [3.05, 3.63) is 86.2 Å². The number of aromatic nitrogens is 4. The SMILES string of the molecule is CN(C)c1ccc(C2c3c(c4ccccc4oc3=O)Oc3ncn4nc(C(C)(C)C)nc4c32)cc1Br. The van der Waals surface area contributed by atoms with Gasteiger partial charge in [0.1, 0.15) is 11.9 Å². The zero-order valence-corrected chi connectivity index (χ0v) is 22.1. The molecule has 8 nitrogen and oxygen atoms in total. The van der Waals surface area contributed by atoms with Crippen molar-refractivity contribution in [2.24, 2.45) is 0 Å². The molecule has 0 fully saturated rings. The van der Waals surface area contributed by atoms with Gasteiger partial charge in [-0.15, -0.1) is 5.10 Å². The first-order chi connectivity index (χ1) is 17.1. The van der Waals surface area contributed by atoms with Gasteiger partial charge in [0.2, 0.25) is 5.88 Å². The molecule has 0 N–H and O–H groups in total. The minimum atomic E-state index is -0.523. The molecule has 0 saturated heterocycles. The summed E-state index contributed by atoms with van der Waals surface area (Å²) in [7, 11) is 3.97. The lowest BCUT2D eigenvalue weighted by molar-refractivity contribution is 0.422. The molecule has 1 atom stereocenters. The molecule has 4 heterocycles. The van der Waals surface area contributed by atoms with E-state index in [0.29, 0.717) is 45.2 Å². The Hall–Kier alpha value is -3.72. The predicted molar refractivity (Wildman–Crippen MR) is 141 cm³/mol. The number of para-hydroxylation sites is 1. The molecule has 1 aliphatic rings. The molecule has 5 aromatic rings. The first-order valence-corrected chi connectivity index (χ1v) is 12.4. The maximum Gasteiger partial charge on any atom is 0.344 e. The van der Waals surface area contributed by atoms with Crippen molar-refractivity contribution in [1.82, 2.24) is 19.6 Å². The van der Waals surface area contributed by atoms with Crippen LogP contribution in [0.4, 0.5) is 5.69 Å². The molecule has 0 saturated carbocycles. The second kappa shape index (κ2) is 7.89. The van der Waals surface area contributed by atoms with Crippen LogP contribution in [-0.2, 0) is 5.41 Å². The lowest BCUT2D eigenvalue weighted by atomic mass is 9.84. The average molecular weight is 546 g/mol. The lowest BCUT2D eigenvalue weighted by Gasteiger charge is -2.28. The molecular weight excluding hydrogens is 522 g/mol. The van der Waals surface area contributed by atoms with E-state index >= 15 is 0 Å². The summed E-state index contributed by atoms with van der Waals surface area (Å²) < 4.78 is 14.7. The normalized spacial score (nSPS) is 15.0. The molecule has 0 amide bonds. The minimum absolute atomic E-state index is 0.270. The lowest BCUT2D eigenvalue weighted by Crippen LogP contribution is -2.22. The Bertz CT molecular complexity index is 1730. The molecule has 1 aliphatic heterocycles. The van der Waals surface area contributed by atoms with Crippen LogP contribution in [-0.4, -0.2) is 33.7 Å². The first kappa shape index (κ1) is 22.7. The van der Waals surface area contributed by atoms with Crippen molar-refractivity contribution in [2.45, 2.75) is 32.1 Å². The number of anilines is 1. The van der Waals surface area contributed by atoms with Crippen LogP contribution in [0.1, 0.15) is 49.2 Å². The van der Waals surface area contributed by atoms with E-state index in [2.05, 4.69) is 46.8 Å². The quantitative estimate of drug-likeness (QED) is 0.260. The van der Waals surface area contributed by atoms with Gasteiger partial charge in [-0.3, -0.25) is 0 Å². The molecule has 182 valence electrons. The van der Waals surface area contributed by atoms with Crippen molar-refractivity contribution in [2.75, 3.05) is 19.0 Å². The van der Waals surface area contributed by atoms with Gasteiger partial charge in [0.05, 0.1) is 28.1 Å². The largest absolute Gasteiger partial charge is 0.437 e. The van der Waals surface area contributed by atoms with E-state index in [1.807, 2.05) is 55.4 Å². The van der Waals surface area contributed by atoms with E-state index in [9.17, 15) is 4.79 Å². The van der Waals surface area contributed by atoms with E-state index in [1.165, 1.54) is 0 Å². The summed E-state index contributed by atoms with van der Waals surface area (Å²) in [6.45, 7) is 6.17. The van der Waals surface area contributed by atoms with Crippen LogP contribution in [0.15, 0.2) is 62.5 Å². The Morgan fingerprint density at radius 3 is 2.58 bits per heavy atom. The smallest absolute Gasteiger partial charge is 0.344 e. The fourth-order valence-electron chi connectivity index (χ4n) is 4.65. The molecule has 0 bridgehead atoms. The Kier molecular flexibility index (Phi) is 4.98. The highest BCUT2D eigenvalue weighted by molar-refractivity contribution is 9.10. The number of hydrogen-bond acceptors (Lipinski definition) is 7. The fourth-order valence-corrected chi connectivity index (χ4v) is 5.40. The van der Waals surface area contributed by atoms with Crippen molar-refractivity contribution < 1.29 is 9.15 Å². The molecule has 3 aromatic heterocycles. The number of benzene rings is 2. The molecule has 0 radical (unpaired) electrons. The standard InChI is InChI=1S/C27H24BrN5O3/c1-27(2,3)26-30-23-21-19(14-10-11-17(32(4)5)16(28)12-14)20-22(36-24(21)29-13-33(23)31-26)15-8-6-7-9-18(15)35-25(20)34/h6-13,19H,1-5H3. The molecule has 0 spiro atoms. The highest BCUT2D eigenvalue weighted by Crippen LogP contribution is 2.49. The number of ether oxygens (including phenoxy) is 1. The third-order valence-corrected chi connectivity index (χ3v) is 7.05. The third kappa shape index (κ3) is 3.41. The highest BCUT2D eigenvalue weighted by atomic mass is 79.9. The van der Waals surface area contributed by atoms with E-state index in [0.717, 1.165) is 15.7 Å². The van der Waals surface area contributed by atoms with Gasteiger partial charge >= 0.3 is 5.63 Å². The van der Waals surface area contributed by atoms with Crippen LogP contribution in [0.25, 0.3) is 16.6 Å². The maximum absolute atomic E-state index is 13.5. The highest BCUT2D eigenvalue weighted by Gasteiger charge is 2.38. The second-order valence-corrected chi connectivity index (χ2v) is 11.0. The van der Waals surface area contributed by atoms with Crippen LogP contribution in [0, 0.1) is 0 Å². The number of halogens is 1. The number of fused-ring (bicyclic) bond motifs is 6. The molecule has 0 aliphatic carbocycles. The van der Waals surface area contributed by atoms with Crippen LogP contribution in [0.5, 0.6) is 11.6 Å². The predicted octanol–water partition coefficient (Wildman–Crippen LogP) is 5.64. The summed E-state index contributed by atoms with van der Waals surface area (Å²) in [5, 5.41) is 5.39. The molecule has 1 unspecified atom stereocenters. The summed E-state index contributed by atoms with van der Waals surface area (Å²) in [5.74, 6) is 1.01. The molecule has 2 aromatic carbocycles. The summed E-state index contributed by atoms with van der Waals surface area (Å²) in [4.78, 5) is 25.0. The first-order valence-electron chi connectivity index (χ1n) is 11.6. The Labute approximate surface area is 215 Å². The van der Waals surface area contributed by atoms with Gasteiger partial charge in [0.15, 0.2) is 17.2 Å². The number of nitrogens with zero attached hydrogens (tertiary/aromatic N) is 5. The molecular formula is C27H24BrN5O3. The monoisotopic (exact) mass is 545 g/mol. The second-order valence-electron chi connectivity index (χ2n) is 10.2. The molecule has 6 rings (SSSR count). The topological polar surface area (TPSA) is 85.8 Å². The summed E-state index contributed by atoms with van der Waals surface area (Å²) in [6, 6.07) is 13.4. The summed E-state index contributed by atoms with van der Waals surface area (Å²) in [5.41, 5.74) is 3.34. The van der Waals surface area contributed by atoms with Crippen molar-refractivity contribution in [3.8, 4) is 11.6 Å². The van der Waals surface area contributed by atoms with Crippen molar-refractivity contribution in [1.29, 1.82) is 0 Å². The van der Waals surface area contributed by atoms with Crippen LogP contribution in [0.3, 0.4) is 0 Å². The third-order valence-electron chi connectivity index (χ3n) is 6.42. The van der Waals surface area contributed by atoms with Gasteiger partial charge in [0.25, 0.3) is 0 Å². The zero-order valence-electron chi connectivity index (χ0n) is 20.5. The van der Waals surface area contributed by atoms with Gasteiger partial charge in [-0.25, -0.2) is 19.3 Å². The van der Waals surface area contributed by atoms with Crippen molar-refractivity contribution >= 4 is 38.2 Å². The van der Waals surface area contributed by atoms with E-state index in [-0.39, 0.29) is 5.41 Å². The van der Waals surface area contributed by atoms with Gasteiger partial charge in [-0.2, -0.15) is 0 Å². The van der Waals surface area contributed by atoms with Gasteiger partial charge in [0, 0.05) is 24.0 Å². The zero-order chi connectivity index (χ0) is 25.4. The maximum atomic E-state index is 13.5. The number of rotatable bonds is 2. The minimum Gasteiger partial charge on any atom is -0.437 e. The average Bonchev–Trinajstić information content (AvgIpc) is 3.28. The Morgan fingerprint density at radius 2 is 1.86 bits per heavy atom. The van der Waals surface area contributed by atoms with Gasteiger partial charge in [-0.05, 0) is 45.8 Å². The van der Waals surface area contributed by atoms with E-state index < -0.39 is 11.5 Å². The Morgan fingerprint density at radius 1 is 1.08 bits per heavy atom. The van der Waals surface area contributed by atoms with Crippen molar-refractivity contribution in [3.63, 3.8) is 0 Å². The van der Waals surface area contributed by atoms with Crippen LogP contribution < -0.4 is 15.3 Å². The summed E-state index contributed by atoms with van der Waals surface area (Å²) in [6.07, 6.45) is 1.61. The number of hydrogen-bond donors (Lipinski definition) is 0.